The Kier molecular flexibility index (Phi) is 4.34. The van der Waals surface area contributed by atoms with Gasteiger partial charge < -0.3 is 9.47 Å². The van der Waals surface area contributed by atoms with Crippen molar-refractivity contribution in [1.29, 1.82) is 0 Å². The molecule has 0 aliphatic carbocycles. The van der Waals surface area contributed by atoms with Crippen LogP contribution in [0.1, 0.15) is 0 Å². The Morgan fingerprint density at radius 1 is 1.27 bits per heavy atom. The fourth-order valence-electron chi connectivity index (χ4n) is 1.01. The first-order valence-corrected chi connectivity index (χ1v) is 6.34. The summed E-state index contributed by atoms with van der Waals surface area (Å²) < 4.78 is 20.6. The Labute approximate surface area is 93.6 Å². The summed E-state index contributed by atoms with van der Waals surface area (Å²) in [6.07, 6.45) is 0. The lowest BCUT2D eigenvalue weighted by Crippen LogP contribution is -2.18. The highest BCUT2D eigenvalue weighted by Crippen LogP contribution is 2.31. The number of rotatable bonds is 2. The summed E-state index contributed by atoms with van der Waals surface area (Å²) in [5.74, 6) is -0.545. The highest BCUT2D eigenvalue weighted by atomic mass is 32.2. The summed E-state index contributed by atoms with van der Waals surface area (Å²) in [6.45, 7) is 0. The second kappa shape index (κ2) is 5.32. The number of hydrogen-bond donors (Lipinski definition) is 0. The number of hydrogen-bond acceptors (Lipinski definition) is 6. The molecule has 1 rings (SSSR count). The van der Waals surface area contributed by atoms with Crippen LogP contribution in [0.4, 0.5) is 0 Å². The van der Waals surface area contributed by atoms with Crippen molar-refractivity contribution in [3.8, 4) is 0 Å². The fourth-order valence-corrected chi connectivity index (χ4v) is 4.05. The van der Waals surface area contributed by atoms with Crippen molar-refractivity contribution in [2.24, 2.45) is 0 Å². The molecular formula is C8H10O5S2. The molecule has 1 saturated heterocycles. The maximum absolute atomic E-state index is 11.5. The molecule has 7 heteroatoms. The van der Waals surface area contributed by atoms with Crippen LogP contribution < -0.4 is 0 Å². The van der Waals surface area contributed by atoms with Crippen molar-refractivity contribution in [2.45, 2.75) is 0 Å². The maximum atomic E-state index is 11.5. The van der Waals surface area contributed by atoms with Gasteiger partial charge in [0.2, 0.25) is 0 Å². The van der Waals surface area contributed by atoms with Crippen molar-refractivity contribution in [3.63, 3.8) is 0 Å². The van der Waals surface area contributed by atoms with Gasteiger partial charge in [-0.1, -0.05) is 0 Å². The molecule has 5 nitrogen and oxygen atoms in total. The molecule has 1 aliphatic heterocycles. The Hall–Kier alpha value is -0.820. The van der Waals surface area contributed by atoms with Crippen LogP contribution in [0.5, 0.6) is 0 Å². The topological polar surface area (TPSA) is 69.7 Å². The zero-order valence-corrected chi connectivity index (χ0v) is 9.90. The monoisotopic (exact) mass is 250 g/mol. The third-order valence-electron chi connectivity index (χ3n) is 1.69. The summed E-state index contributed by atoms with van der Waals surface area (Å²) in [6, 6.07) is 0. The molecule has 0 aromatic heterocycles. The van der Waals surface area contributed by atoms with Gasteiger partial charge in [0.25, 0.3) is 0 Å². The second-order valence-electron chi connectivity index (χ2n) is 2.54. The van der Waals surface area contributed by atoms with Crippen LogP contribution in [0.25, 0.3) is 0 Å². The molecule has 0 saturated carbocycles. The molecular weight excluding hydrogens is 240 g/mol. The Balaban J connectivity index is 3.14. The Morgan fingerprint density at radius 2 is 1.80 bits per heavy atom. The molecule has 0 radical (unpaired) electrons. The fraction of sp³-hybridized carbons (Fsp3) is 0.500. The number of methoxy groups -OCH3 is 2. The van der Waals surface area contributed by atoms with Crippen LogP contribution in [0.2, 0.25) is 0 Å². The molecule has 0 aromatic rings. The highest BCUT2D eigenvalue weighted by molar-refractivity contribution is 8.19. The van der Waals surface area contributed by atoms with Gasteiger partial charge >= 0.3 is 11.9 Å². The van der Waals surface area contributed by atoms with E-state index in [1.165, 1.54) is 11.8 Å². The van der Waals surface area contributed by atoms with Gasteiger partial charge in [0.05, 0.1) is 29.3 Å². The average Bonchev–Trinajstić information content (AvgIpc) is 2.64. The summed E-state index contributed by atoms with van der Waals surface area (Å²) in [5, 5.41) is 0. The van der Waals surface area contributed by atoms with E-state index in [1.54, 1.807) is 0 Å². The predicted molar refractivity (Wildman–Crippen MR) is 56.5 cm³/mol. The number of carbonyl (C=O) groups excluding carboxylic acids is 2. The minimum atomic E-state index is -1.29. The molecule has 0 bridgehead atoms. The standard InChI is InChI=1S/C8H10O5S2/c1-12-6(9)5(7(10)13-2)8-14-3-4-15(8)11/h3-4H2,1-2H3. The van der Waals surface area contributed by atoms with Crippen molar-refractivity contribution in [3.05, 3.63) is 9.81 Å². The number of thioether (sulfide) groups is 1. The normalized spacial score (nSPS) is 19.9. The molecule has 1 atom stereocenters. The summed E-state index contributed by atoms with van der Waals surface area (Å²) in [7, 11) is 1.03. The van der Waals surface area contributed by atoms with Crippen LogP contribution in [0.3, 0.4) is 0 Å². The molecule has 1 unspecified atom stereocenters. The van der Waals surface area contributed by atoms with E-state index in [4.69, 9.17) is 0 Å². The maximum Gasteiger partial charge on any atom is 0.347 e. The minimum Gasteiger partial charge on any atom is -0.465 e. The first-order valence-electron chi connectivity index (χ1n) is 4.04. The van der Waals surface area contributed by atoms with Gasteiger partial charge in [0.15, 0.2) is 5.57 Å². The van der Waals surface area contributed by atoms with Gasteiger partial charge in [-0.15, -0.1) is 11.8 Å². The third-order valence-corrected chi connectivity index (χ3v) is 4.93. The van der Waals surface area contributed by atoms with Crippen LogP contribution >= 0.6 is 11.8 Å². The van der Waals surface area contributed by atoms with Gasteiger partial charge in [-0.25, -0.2) is 9.59 Å². The second-order valence-corrected chi connectivity index (χ2v) is 5.41. The summed E-state index contributed by atoms with van der Waals surface area (Å²) in [5.41, 5.74) is -0.249. The predicted octanol–water partition coefficient (Wildman–Crippen LogP) is 0.0395. The Morgan fingerprint density at radius 3 is 2.13 bits per heavy atom. The lowest BCUT2D eigenvalue weighted by atomic mass is 10.3. The van der Waals surface area contributed by atoms with Crippen molar-refractivity contribution in [2.75, 3.05) is 25.7 Å². The highest BCUT2D eigenvalue weighted by Gasteiger charge is 2.31. The van der Waals surface area contributed by atoms with Crippen LogP contribution in [-0.2, 0) is 29.9 Å². The van der Waals surface area contributed by atoms with Crippen LogP contribution in [0.15, 0.2) is 9.81 Å². The average molecular weight is 250 g/mol. The van der Waals surface area contributed by atoms with Gasteiger partial charge in [-0.05, 0) is 0 Å². The minimum absolute atomic E-state index is 0.249. The summed E-state index contributed by atoms with van der Waals surface area (Å²) >= 11 is 1.22. The van der Waals surface area contributed by atoms with E-state index >= 15 is 0 Å². The quantitative estimate of drug-likeness (QED) is 0.298. The largest absolute Gasteiger partial charge is 0.465 e. The third kappa shape index (κ3) is 2.60. The molecule has 84 valence electrons. The zero-order chi connectivity index (χ0) is 11.4. The first-order chi connectivity index (χ1) is 7.11. The van der Waals surface area contributed by atoms with E-state index in [9.17, 15) is 13.8 Å². The smallest absolute Gasteiger partial charge is 0.347 e. The van der Waals surface area contributed by atoms with E-state index in [0.717, 1.165) is 14.2 Å². The van der Waals surface area contributed by atoms with Crippen molar-refractivity contribution < 1.29 is 23.3 Å². The van der Waals surface area contributed by atoms with Gasteiger partial charge in [-0.3, -0.25) is 4.21 Å². The van der Waals surface area contributed by atoms with E-state index in [-0.39, 0.29) is 9.81 Å². The SMILES string of the molecule is COC(=O)C(C(=O)OC)=C1SCCS1=O. The lowest BCUT2D eigenvalue weighted by Gasteiger charge is -2.05. The molecule has 1 fully saturated rings. The van der Waals surface area contributed by atoms with E-state index in [1.807, 2.05) is 0 Å². The molecule has 0 amide bonds. The van der Waals surface area contributed by atoms with E-state index in [0.29, 0.717) is 11.5 Å². The molecule has 1 aliphatic rings. The number of carbonyl (C=O) groups is 2. The molecule has 0 N–H and O–H groups in total. The van der Waals surface area contributed by atoms with Gasteiger partial charge in [0.1, 0.15) is 0 Å². The van der Waals surface area contributed by atoms with Crippen molar-refractivity contribution >= 4 is 34.5 Å². The Bertz CT molecular complexity index is 329. The molecule has 15 heavy (non-hydrogen) atoms. The van der Waals surface area contributed by atoms with E-state index in [2.05, 4.69) is 9.47 Å². The molecule has 0 aromatic carbocycles. The number of esters is 2. The first kappa shape index (κ1) is 12.3. The van der Waals surface area contributed by atoms with Gasteiger partial charge in [0, 0.05) is 11.5 Å². The molecule has 0 spiro atoms. The molecule has 1 heterocycles. The van der Waals surface area contributed by atoms with E-state index < -0.39 is 22.7 Å². The lowest BCUT2D eigenvalue weighted by molar-refractivity contribution is -0.144. The summed E-state index contributed by atoms with van der Waals surface area (Å²) in [4.78, 5) is 22.6. The number of ether oxygens (including phenoxy) is 2. The van der Waals surface area contributed by atoms with Gasteiger partial charge in [-0.2, -0.15) is 0 Å². The van der Waals surface area contributed by atoms with Crippen LogP contribution in [0, 0.1) is 0 Å². The van der Waals surface area contributed by atoms with Crippen molar-refractivity contribution in [1.82, 2.24) is 0 Å². The van der Waals surface area contributed by atoms with Crippen LogP contribution in [-0.4, -0.2) is 41.9 Å². The zero-order valence-electron chi connectivity index (χ0n) is 8.27.